The predicted molar refractivity (Wildman–Crippen MR) is 68.3 cm³/mol. The van der Waals surface area contributed by atoms with Crippen molar-refractivity contribution in [1.82, 2.24) is 4.98 Å². The zero-order valence-electron chi connectivity index (χ0n) is 10.9. The normalized spacial score (nSPS) is 10.4. The quantitative estimate of drug-likeness (QED) is 0.736. The van der Waals surface area contributed by atoms with Crippen molar-refractivity contribution in [2.24, 2.45) is 5.92 Å². The zero-order valence-corrected chi connectivity index (χ0v) is 10.9. The minimum absolute atomic E-state index is 0.321. The van der Waals surface area contributed by atoms with Crippen LogP contribution < -0.4 is 4.90 Å². The summed E-state index contributed by atoms with van der Waals surface area (Å²) >= 11 is 0. The molecule has 1 aromatic rings. The third-order valence-electron chi connectivity index (χ3n) is 2.29. The number of hydrogen-bond acceptors (Lipinski definition) is 4. The smallest absolute Gasteiger partial charge is 0.339 e. The average molecular weight is 236 g/mol. The summed E-state index contributed by atoms with van der Waals surface area (Å²) in [7, 11) is 1.99. The highest BCUT2D eigenvalue weighted by atomic mass is 16.5. The fraction of sp³-hybridized carbons (Fsp3) is 0.538. The van der Waals surface area contributed by atoms with E-state index in [0.29, 0.717) is 18.1 Å². The minimum atomic E-state index is -0.321. The highest BCUT2D eigenvalue weighted by molar-refractivity contribution is 5.89. The Bertz CT molecular complexity index is 360. The molecule has 0 aromatic carbocycles. The molecule has 0 spiro atoms. The van der Waals surface area contributed by atoms with Gasteiger partial charge in [-0.25, -0.2) is 9.78 Å². The molecule has 0 aliphatic rings. The summed E-state index contributed by atoms with van der Waals surface area (Å²) in [6.07, 6.45) is 1.56. The van der Waals surface area contributed by atoms with Gasteiger partial charge in [-0.05, 0) is 25.0 Å². The van der Waals surface area contributed by atoms with Gasteiger partial charge in [0.25, 0.3) is 0 Å². The fourth-order valence-corrected chi connectivity index (χ4v) is 1.59. The molecule has 0 fully saturated rings. The summed E-state index contributed by atoms with van der Waals surface area (Å²) in [5, 5.41) is 0. The number of esters is 1. The summed E-state index contributed by atoms with van der Waals surface area (Å²) < 4.78 is 4.90. The summed E-state index contributed by atoms with van der Waals surface area (Å²) in [6.45, 7) is 7.42. The van der Waals surface area contributed by atoms with Crippen LogP contribution in [-0.2, 0) is 4.74 Å². The van der Waals surface area contributed by atoms with E-state index < -0.39 is 0 Å². The van der Waals surface area contributed by atoms with E-state index in [-0.39, 0.29) is 5.97 Å². The van der Waals surface area contributed by atoms with Crippen molar-refractivity contribution in [3.05, 3.63) is 23.9 Å². The standard InChI is InChI=1S/C13H20N2O2/c1-5-17-13(16)11-6-7-12(14-8-11)15(4)9-10(2)3/h6-8,10H,5,9H2,1-4H3. The maximum Gasteiger partial charge on any atom is 0.339 e. The van der Waals surface area contributed by atoms with Gasteiger partial charge < -0.3 is 9.64 Å². The number of hydrogen-bond donors (Lipinski definition) is 0. The first-order valence-electron chi connectivity index (χ1n) is 5.89. The number of carbonyl (C=O) groups excluding carboxylic acids is 1. The molecule has 1 heterocycles. The van der Waals surface area contributed by atoms with Crippen molar-refractivity contribution in [3.63, 3.8) is 0 Å². The van der Waals surface area contributed by atoms with Gasteiger partial charge in [0.05, 0.1) is 12.2 Å². The molecule has 0 unspecified atom stereocenters. The van der Waals surface area contributed by atoms with Gasteiger partial charge in [0.2, 0.25) is 0 Å². The maximum absolute atomic E-state index is 11.4. The molecule has 4 nitrogen and oxygen atoms in total. The lowest BCUT2D eigenvalue weighted by atomic mass is 10.2. The molecule has 0 N–H and O–H groups in total. The fourth-order valence-electron chi connectivity index (χ4n) is 1.59. The van der Waals surface area contributed by atoms with Crippen LogP contribution in [0.5, 0.6) is 0 Å². The van der Waals surface area contributed by atoms with E-state index in [2.05, 4.69) is 23.7 Å². The third-order valence-corrected chi connectivity index (χ3v) is 2.29. The van der Waals surface area contributed by atoms with E-state index in [0.717, 1.165) is 12.4 Å². The van der Waals surface area contributed by atoms with Gasteiger partial charge in [0.1, 0.15) is 5.82 Å². The van der Waals surface area contributed by atoms with Gasteiger partial charge in [0.15, 0.2) is 0 Å². The second kappa shape index (κ2) is 6.23. The topological polar surface area (TPSA) is 42.4 Å². The van der Waals surface area contributed by atoms with E-state index in [4.69, 9.17) is 4.74 Å². The Morgan fingerprint density at radius 2 is 2.18 bits per heavy atom. The number of pyridine rings is 1. The molecule has 1 rings (SSSR count). The molecule has 0 atom stereocenters. The highest BCUT2D eigenvalue weighted by Crippen LogP contribution is 2.11. The molecular formula is C13H20N2O2. The van der Waals surface area contributed by atoms with E-state index in [1.807, 2.05) is 13.1 Å². The van der Waals surface area contributed by atoms with Gasteiger partial charge in [-0.3, -0.25) is 0 Å². The highest BCUT2D eigenvalue weighted by Gasteiger charge is 2.09. The van der Waals surface area contributed by atoms with E-state index in [1.54, 1.807) is 19.2 Å². The second-order valence-electron chi connectivity index (χ2n) is 4.40. The lowest BCUT2D eigenvalue weighted by molar-refractivity contribution is 0.0526. The number of rotatable bonds is 5. The lowest BCUT2D eigenvalue weighted by Crippen LogP contribution is -2.23. The van der Waals surface area contributed by atoms with Crippen LogP contribution in [0.15, 0.2) is 18.3 Å². The summed E-state index contributed by atoms with van der Waals surface area (Å²) in [6, 6.07) is 3.59. The third kappa shape index (κ3) is 4.06. The minimum Gasteiger partial charge on any atom is -0.462 e. The monoisotopic (exact) mass is 236 g/mol. The largest absolute Gasteiger partial charge is 0.462 e. The van der Waals surface area contributed by atoms with E-state index >= 15 is 0 Å². The molecule has 0 radical (unpaired) electrons. The van der Waals surface area contributed by atoms with Crippen LogP contribution >= 0.6 is 0 Å². The maximum atomic E-state index is 11.4. The molecule has 0 saturated carbocycles. The summed E-state index contributed by atoms with van der Waals surface area (Å²) in [4.78, 5) is 17.8. The van der Waals surface area contributed by atoms with Gasteiger partial charge >= 0.3 is 5.97 Å². The molecule has 4 heteroatoms. The molecule has 0 amide bonds. The number of anilines is 1. The Labute approximate surface area is 103 Å². The Morgan fingerprint density at radius 3 is 2.65 bits per heavy atom. The Balaban J connectivity index is 2.70. The van der Waals surface area contributed by atoms with Crippen molar-refractivity contribution in [3.8, 4) is 0 Å². The van der Waals surface area contributed by atoms with Crippen molar-refractivity contribution in [1.29, 1.82) is 0 Å². The van der Waals surface area contributed by atoms with Gasteiger partial charge in [0, 0.05) is 19.8 Å². The van der Waals surface area contributed by atoms with Gasteiger partial charge in [-0.1, -0.05) is 13.8 Å². The molecule has 1 aromatic heterocycles. The Kier molecular flexibility index (Phi) is 4.94. The second-order valence-corrected chi connectivity index (χ2v) is 4.40. The van der Waals surface area contributed by atoms with Crippen LogP contribution in [0.2, 0.25) is 0 Å². The van der Waals surface area contributed by atoms with E-state index in [9.17, 15) is 4.79 Å². The summed E-state index contributed by atoms with van der Waals surface area (Å²) in [5.41, 5.74) is 0.494. The lowest BCUT2D eigenvalue weighted by Gasteiger charge is -2.20. The molecule has 0 bridgehead atoms. The van der Waals surface area contributed by atoms with Crippen molar-refractivity contribution < 1.29 is 9.53 Å². The average Bonchev–Trinajstić information content (AvgIpc) is 2.28. The van der Waals surface area contributed by atoms with Crippen LogP contribution in [0.1, 0.15) is 31.1 Å². The number of aromatic nitrogens is 1. The number of nitrogens with zero attached hydrogens (tertiary/aromatic N) is 2. The Morgan fingerprint density at radius 1 is 1.47 bits per heavy atom. The number of carbonyl (C=O) groups is 1. The van der Waals surface area contributed by atoms with Gasteiger partial charge in [-0.15, -0.1) is 0 Å². The zero-order chi connectivity index (χ0) is 12.8. The predicted octanol–water partition coefficient (Wildman–Crippen LogP) is 2.35. The van der Waals surface area contributed by atoms with Crippen molar-refractivity contribution in [2.75, 3.05) is 25.1 Å². The molecule has 0 saturated heterocycles. The van der Waals surface area contributed by atoms with Crippen LogP contribution in [-0.4, -0.2) is 31.2 Å². The van der Waals surface area contributed by atoms with Crippen LogP contribution in [0.25, 0.3) is 0 Å². The van der Waals surface area contributed by atoms with Crippen molar-refractivity contribution >= 4 is 11.8 Å². The summed E-state index contributed by atoms with van der Waals surface area (Å²) in [5.74, 6) is 1.12. The Hall–Kier alpha value is -1.58. The molecule has 0 aliphatic carbocycles. The van der Waals surface area contributed by atoms with Crippen LogP contribution in [0, 0.1) is 5.92 Å². The molecule has 0 aliphatic heterocycles. The first-order valence-corrected chi connectivity index (χ1v) is 5.89. The van der Waals surface area contributed by atoms with Crippen LogP contribution in [0.3, 0.4) is 0 Å². The van der Waals surface area contributed by atoms with Crippen molar-refractivity contribution in [2.45, 2.75) is 20.8 Å². The van der Waals surface area contributed by atoms with E-state index in [1.165, 1.54) is 0 Å². The van der Waals surface area contributed by atoms with Crippen LogP contribution in [0.4, 0.5) is 5.82 Å². The molecule has 17 heavy (non-hydrogen) atoms. The molecule has 94 valence electrons. The SMILES string of the molecule is CCOC(=O)c1ccc(N(C)CC(C)C)nc1. The first-order chi connectivity index (χ1) is 8.04. The van der Waals surface area contributed by atoms with Gasteiger partial charge in [-0.2, -0.15) is 0 Å². The first kappa shape index (κ1) is 13.5. The number of ether oxygens (including phenoxy) is 1. The molecular weight excluding hydrogens is 216 g/mol.